The molecule has 0 radical (unpaired) electrons. The van der Waals surface area contributed by atoms with Crippen LogP contribution < -0.4 is 4.90 Å². The number of carbonyl (C=O) groups excluding carboxylic acids is 1. The Morgan fingerprint density at radius 3 is 2.48 bits per heavy atom. The SMILES string of the molecule is CC(C)(C)OC(=O)N1CCN(c2ncnc3c(Cl)nc(Cl)cc23)CC1. The van der Waals surface area contributed by atoms with E-state index in [4.69, 9.17) is 27.9 Å². The second-order valence-corrected chi connectivity index (χ2v) is 7.53. The summed E-state index contributed by atoms with van der Waals surface area (Å²) in [6, 6.07) is 1.71. The maximum Gasteiger partial charge on any atom is 0.410 e. The number of carbonyl (C=O) groups is 1. The van der Waals surface area contributed by atoms with Crippen molar-refractivity contribution in [3.05, 3.63) is 22.7 Å². The molecule has 0 spiro atoms. The number of hydrogen-bond acceptors (Lipinski definition) is 6. The number of rotatable bonds is 1. The summed E-state index contributed by atoms with van der Waals surface area (Å²) in [5, 5.41) is 1.29. The van der Waals surface area contributed by atoms with E-state index in [1.54, 1.807) is 11.0 Å². The van der Waals surface area contributed by atoms with E-state index in [0.29, 0.717) is 36.8 Å². The summed E-state index contributed by atoms with van der Waals surface area (Å²) in [4.78, 5) is 28.5. The maximum absolute atomic E-state index is 12.2. The van der Waals surface area contributed by atoms with E-state index in [1.165, 1.54) is 6.33 Å². The predicted octanol–water partition coefficient (Wildman–Crippen LogP) is 3.39. The van der Waals surface area contributed by atoms with Gasteiger partial charge in [-0.25, -0.2) is 19.7 Å². The number of fused-ring (bicyclic) bond motifs is 1. The highest BCUT2D eigenvalue weighted by Gasteiger charge is 2.27. The molecular weight excluding hydrogens is 365 g/mol. The van der Waals surface area contributed by atoms with Crippen LogP contribution in [0.1, 0.15) is 20.8 Å². The summed E-state index contributed by atoms with van der Waals surface area (Å²) in [5.41, 5.74) is 0.0584. The van der Waals surface area contributed by atoms with Gasteiger partial charge < -0.3 is 14.5 Å². The molecule has 3 rings (SSSR count). The Hall–Kier alpha value is -1.86. The number of hydrogen-bond donors (Lipinski definition) is 0. The average molecular weight is 384 g/mol. The van der Waals surface area contributed by atoms with Crippen LogP contribution in [0.2, 0.25) is 10.3 Å². The van der Waals surface area contributed by atoms with Crippen LogP contribution in [0.4, 0.5) is 10.6 Å². The molecule has 0 aromatic carbocycles. The zero-order chi connectivity index (χ0) is 18.2. The summed E-state index contributed by atoms with van der Waals surface area (Å²) in [7, 11) is 0. The van der Waals surface area contributed by atoms with Crippen LogP contribution in [-0.4, -0.2) is 57.7 Å². The normalized spacial score (nSPS) is 15.6. The molecule has 7 nitrogen and oxygen atoms in total. The lowest BCUT2D eigenvalue weighted by molar-refractivity contribution is 0.0240. The van der Waals surface area contributed by atoms with Gasteiger partial charge in [0.05, 0.1) is 0 Å². The summed E-state index contributed by atoms with van der Waals surface area (Å²) >= 11 is 12.1. The van der Waals surface area contributed by atoms with Crippen molar-refractivity contribution >= 4 is 46.0 Å². The molecule has 25 heavy (non-hydrogen) atoms. The predicted molar refractivity (Wildman–Crippen MR) is 97.4 cm³/mol. The number of anilines is 1. The number of aromatic nitrogens is 3. The third-order valence-corrected chi connectivity index (χ3v) is 4.21. The van der Waals surface area contributed by atoms with Gasteiger partial charge in [0.15, 0.2) is 5.15 Å². The standard InChI is InChI=1S/C16H19Cl2N5O2/c1-16(2,3)25-15(24)23-6-4-22(5-7-23)14-10-8-11(17)21-13(18)12(10)19-9-20-14/h8-9H,4-7H2,1-3H3. The second-order valence-electron chi connectivity index (χ2n) is 6.78. The number of nitrogens with zero attached hydrogens (tertiary/aromatic N) is 5. The van der Waals surface area contributed by atoms with E-state index >= 15 is 0 Å². The van der Waals surface area contributed by atoms with Gasteiger partial charge in [0, 0.05) is 31.6 Å². The summed E-state index contributed by atoms with van der Waals surface area (Å²) < 4.78 is 5.42. The lowest BCUT2D eigenvalue weighted by Crippen LogP contribution is -2.50. The van der Waals surface area contributed by atoms with Crippen LogP contribution in [0.25, 0.3) is 10.9 Å². The first-order chi connectivity index (χ1) is 11.7. The van der Waals surface area contributed by atoms with Crippen molar-refractivity contribution in [3.8, 4) is 0 Å². The molecule has 0 aliphatic carbocycles. The van der Waals surface area contributed by atoms with Crippen molar-refractivity contribution in [2.75, 3.05) is 31.1 Å². The molecule has 3 heterocycles. The maximum atomic E-state index is 12.2. The molecule has 1 aliphatic rings. The van der Waals surface area contributed by atoms with E-state index in [0.717, 1.165) is 11.2 Å². The zero-order valence-corrected chi connectivity index (χ0v) is 15.8. The summed E-state index contributed by atoms with van der Waals surface area (Å²) in [6.45, 7) is 7.92. The first-order valence-electron chi connectivity index (χ1n) is 7.94. The third kappa shape index (κ3) is 4.04. The number of pyridine rings is 1. The van der Waals surface area contributed by atoms with Crippen LogP contribution in [0.3, 0.4) is 0 Å². The second kappa shape index (κ2) is 6.80. The van der Waals surface area contributed by atoms with E-state index in [2.05, 4.69) is 19.9 Å². The van der Waals surface area contributed by atoms with Crippen LogP contribution in [-0.2, 0) is 4.74 Å². The lowest BCUT2D eigenvalue weighted by atomic mass is 10.2. The Morgan fingerprint density at radius 1 is 1.16 bits per heavy atom. The van der Waals surface area contributed by atoms with Crippen molar-refractivity contribution in [2.24, 2.45) is 0 Å². The Kier molecular flexibility index (Phi) is 4.88. The van der Waals surface area contributed by atoms with Gasteiger partial charge >= 0.3 is 6.09 Å². The topological polar surface area (TPSA) is 71.5 Å². The quantitative estimate of drug-likeness (QED) is 0.702. The first kappa shape index (κ1) is 17.9. The Labute approximate surface area is 155 Å². The van der Waals surface area contributed by atoms with Crippen molar-refractivity contribution in [1.82, 2.24) is 19.9 Å². The number of halogens is 2. The Balaban J connectivity index is 1.78. The van der Waals surface area contributed by atoms with E-state index in [-0.39, 0.29) is 11.2 Å². The molecule has 1 aliphatic heterocycles. The molecule has 1 saturated heterocycles. The van der Waals surface area contributed by atoms with Gasteiger partial charge in [0.2, 0.25) is 0 Å². The van der Waals surface area contributed by atoms with Gasteiger partial charge in [-0.2, -0.15) is 0 Å². The van der Waals surface area contributed by atoms with E-state index in [9.17, 15) is 4.79 Å². The number of amides is 1. The highest BCUT2D eigenvalue weighted by Crippen LogP contribution is 2.29. The van der Waals surface area contributed by atoms with Crippen molar-refractivity contribution in [2.45, 2.75) is 26.4 Å². The third-order valence-electron chi connectivity index (χ3n) is 3.76. The molecule has 134 valence electrons. The summed E-state index contributed by atoms with van der Waals surface area (Å²) in [5.74, 6) is 0.736. The fraction of sp³-hybridized carbons (Fsp3) is 0.500. The van der Waals surface area contributed by atoms with Crippen LogP contribution in [0.5, 0.6) is 0 Å². The lowest BCUT2D eigenvalue weighted by Gasteiger charge is -2.36. The molecule has 1 fully saturated rings. The first-order valence-corrected chi connectivity index (χ1v) is 8.70. The molecule has 2 aromatic rings. The van der Waals surface area contributed by atoms with Crippen molar-refractivity contribution in [1.29, 1.82) is 0 Å². The van der Waals surface area contributed by atoms with E-state index in [1.807, 2.05) is 20.8 Å². The molecule has 1 amide bonds. The number of ether oxygens (including phenoxy) is 1. The van der Waals surface area contributed by atoms with Crippen LogP contribution in [0.15, 0.2) is 12.4 Å². The van der Waals surface area contributed by atoms with Crippen LogP contribution >= 0.6 is 23.2 Å². The number of piperazine rings is 1. The van der Waals surface area contributed by atoms with Crippen LogP contribution in [0, 0.1) is 0 Å². The Bertz CT molecular complexity index is 801. The smallest absolute Gasteiger partial charge is 0.410 e. The minimum absolute atomic E-state index is 0.249. The van der Waals surface area contributed by atoms with Crippen molar-refractivity contribution < 1.29 is 9.53 Å². The molecule has 0 atom stereocenters. The molecule has 2 aromatic heterocycles. The van der Waals surface area contributed by atoms with Gasteiger partial charge in [-0.15, -0.1) is 0 Å². The van der Waals surface area contributed by atoms with Gasteiger partial charge in [-0.1, -0.05) is 23.2 Å². The average Bonchev–Trinajstić information content (AvgIpc) is 2.53. The summed E-state index contributed by atoms with van der Waals surface area (Å²) in [6.07, 6.45) is 1.16. The zero-order valence-electron chi connectivity index (χ0n) is 14.3. The molecule has 9 heteroatoms. The Morgan fingerprint density at radius 2 is 1.84 bits per heavy atom. The van der Waals surface area contributed by atoms with Gasteiger partial charge in [-0.3, -0.25) is 0 Å². The molecule has 0 unspecified atom stereocenters. The molecular formula is C16H19Cl2N5O2. The molecule has 0 saturated carbocycles. The highest BCUT2D eigenvalue weighted by atomic mass is 35.5. The van der Waals surface area contributed by atoms with E-state index < -0.39 is 5.60 Å². The highest BCUT2D eigenvalue weighted by molar-refractivity contribution is 6.36. The van der Waals surface area contributed by atoms with Gasteiger partial charge in [0.1, 0.15) is 28.4 Å². The minimum atomic E-state index is -0.502. The van der Waals surface area contributed by atoms with Gasteiger partial charge in [-0.05, 0) is 26.8 Å². The monoisotopic (exact) mass is 383 g/mol. The molecule has 0 bridgehead atoms. The largest absolute Gasteiger partial charge is 0.444 e. The minimum Gasteiger partial charge on any atom is -0.444 e. The molecule has 0 N–H and O–H groups in total. The van der Waals surface area contributed by atoms with Gasteiger partial charge in [0.25, 0.3) is 0 Å². The van der Waals surface area contributed by atoms with Crippen molar-refractivity contribution in [3.63, 3.8) is 0 Å². The fourth-order valence-electron chi connectivity index (χ4n) is 2.66. The fourth-order valence-corrected chi connectivity index (χ4v) is 3.14.